The van der Waals surface area contributed by atoms with E-state index in [4.69, 9.17) is 0 Å². The number of anilines is 1. The first-order valence-corrected chi connectivity index (χ1v) is 10.9. The molecule has 3 aromatic carbocycles. The maximum absolute atomic E-state index is 13.1. The summed E-state index contributed by atoms with van der Waals surface area (Å²) in [5.41, 5.74) is 2.73. The Hall–Kier alpha value is -3.78. The van der Waals surface area contributed by atoms with Crippen molar-refractivity contribution in [2.24, 2.45) is 0 Å². The Kier molecular flexibility index (Phi) is 5.39. The molecule has 156 valence electrons. The number of nitrogens with zero attached hydrogens (tertiary/aromatic N) is 2. The number of benzene rings is 3. The molecule has 0 aliphatic rings. The summed E-state index contributed by atoms with van der Waals surface area (Å²) < 4.78 is 40.1. The minimum atomic E-state index is -3.77. The number of carbonyl (C=O) groups excluding carboxylic acids is 1. The predicted octanol–water partition coefficient (Wildman–Crippen LogP) is 4.40. The molecule has 1 heterocycles. The van der Waals surface area contributed by atoms with Crippen LogP contribution in [0.15, 0.2) is 94.9 Å². The zero-order valence-electron chi connectivity index (χ0n) is 16.5. The Balaban J connectivity index is 1.48. The summed E-state index contributed by atoms with van der Waals surface area (Å²) in [5, 5.41) is 6.97. The molecule has 0 radical (unpaired) electrons. The van der Waals surface area contributed by atoms with E-state index in [0.717, 1.165) is 23.5 Å². The van der Waals surface area contributed by atoms with Crippen molar-refractivity contribution in [3.8, 4) is 5.69 Å². The summed E-state index contributed by atoms with van der Waals surface area (Å²) in [7, 11) is -3.77. The minimum absolute atomic E-state index is 0.00167. The fourth-order valence-corrected chi connectivity index (χ4v) is 4.33. The lowest BCUT2D eigenvalue weighted by Crippen LogP contribution is -2.12. The van der Waals surface area contributed by atoms with Gasteiger partial charge in [0.05, 0.1) is 15.5 Å². The molecule has 0 aliphatic heterocycles. The third-order valence-corrected chi connectivity index (χ3v) is 6.54. The number of rotatable bonds is 5. The number of amides is 1. The number of nitrogens with one attached hydrogen (secondary N) is 1. The van der Waals surface area contributed by atoms with E-state index in [2.05, 4.69) is 10.4 Å². The van der Waals surface area contributed by atoms with Gasteiger partial charge in [-0.25, -0.2) is 17.5 Å². The summed E-state index contributed by atoms with van der Waals surface area (Å²) in [6.07, 6.45) is 1.70. The first-order chi connectivity index (χ1) is 14.8. The Bertz CT molecular complexity index is 1330. The number of sulfone groups is 1. The molecule has 0 fully saturated rings. The second kappa shape index (κ2) is 8.16. The average Bonchev–Trinajstić information content (AvgIpc) is 3.20. The summed E-state index contributed by atoms with van der Waals surface area (Å²) in [4.78, 5) is 12.6. The van der Waals surface area contributed by atoms with Crippen LogP contribution in [0.25, 0.3) is 5.69 Å². The number of hydrogen-bond acceptors (Lipinski definition) is 4. The molecule has 1 aromatic heterocycles. The molecule has 0 aliphatic carbocycles. The van der Waals surface area contributed by atoms with Crippen LogP contribution in [-0.2, 0) is 9.84 Å². The zero-order valence-corrected chi connectivity index (χ0v) is 17.3. The number of carbonyl (C=O) groups is 1. The van der Waals surface area contributed by atoms with Crippen LogP contribution in [0.1, 0.15) is 16.1 Å². The lowest BCUT2D eigenvalue weighted by atomic mass is 10.2. The highest BCUT2D eigenvalue weighted by molar-refractivity contribution is 7.91. The molecule has 0 spiro atoms. The van der Waals surface area contributed by atoms with Crippen LogP contribution in [-0.4, -0.2) is 24.1 Å². The van der Waals surface area contributed by atoms with Crippen molar-refractivity contribution in [3.63, 3.8) is 0 Å². The standard InChI is InChI=1S/C23H18FN3O3S/c1-16-14-15-25-27(16)20-8-2-17(3-9-20)23(28)26-19-6-12-22(13-7-19)31(29,30)21-10-4-18(24)5-11-21/h2-15H,1H3,(H,26,28). The molecule has 0 atom stereocenters. The molecule has 8 heteroatoms. The van der Waals surface area contributed by atoms with Crippen LogP contribution < -0.4 is 5.32 Å². The Morgan fingerprint density at radius 2 is 1.45 bits per heavy atom. The molecule has 0 saturated carbocycles. The van der Waals surface area contributed by atoms with Crippen molar-refractivity contribution in [2.75, 3.05) is 5.32 Å². The Morgan fingerprint density at radius 1 is 0.871 bits per heavy atom. The third kappa shape index (κ3) is 4.24. The van der Waals surface area contributed by atoms with E-state index in [0.29, 0.717) is 11.3 Å². The van der Waals surface area contributed by atoms with E-state index in [1.165, 1.54) is 36.4 Å². The van der Waals surface area contributed by atoms with Gasteiger partial charge in [0.15, 0.2) is 0 Å². The first kappa shape index (κ1) is 20.5. The summed E-state index contributed by atoms with van der Waals surface area (Å²) in [5.74, 6) is -0.831. The van der Waals surface area contributed by atoms with Crippen molar-refractivity contribution in [2.45, 2.75) is 16.7 Å². The highest BCUT2D eigenvalue weighted by atomic mass is 32.2. The molecular weight excluding hydrogens is 417 g/mol. The van der Waals surface area contributed by atoms with E-state index in [1.54, 1.807) is 35.1 Å². The normalized spacial score (nSPS) is 11.3. The maximum atomic E-state index is 13.1. The van der Waals surface area contributed by atoms with Gasteiger partial charge in [0.1, 0.15) is 5.82 Å². The number of aromatic nitrogens is 2. The molecule has 4 rings (SSSR count). The van der Waals surface area contributed by atoms with Crippen LogP contribution in [0.4, 0.5) is 10.1 Å². The van der Waals surface area contributed by atoms with E-state index in [-0.39, 0.29) is 15.7 Å². The lowest BCUT2D eigenvalue weighted by molar-refractivity contribution is 0.102. The fourth-order valence-electron chi connectivity index (χ4n) is 3.06. The van der Waals surface area contributed by atoms with Crippen molar-refractivity contribution >= 4 is 21.4 Å². The maximum Gasteiger partial charge on any atom is 0.255 e. The van der Waals surface area contributed by atoms with Crippen molar-refractivity contribution in [3.05, 3.63) is 102 Å². The topological polar surface area (TPSA) is 81.1 Å². The largest absolute Gasteiger partial charge is 0.322 e. The number of halogens is 1. The van der Waals surface area contributed by atoms with Crippen molar-refractivity contribution in [1.29, 1.82) is 0 Å². The van der Waals surface area contributed by atoms with Gasteiger partial charge in [0.2, 0.25) is 9.84 Å². The van der Waals surface area contributed by atoms with E-state index >= 15 is 0 Å². The Labute approximate surface area is 178 Å². The molecule has 0 bridgehead atoms. The van der Waals surface area contributed by atoms with Crippen LogP contribution in [0.3, 0.4) is 0 Å². The van der Waals surface area contributed by atoms with Crippen LogP contribution in [0, 0.1) is 12.7 Å². The van der Waals surface area contributed by atoms with Crippen LogP contribution in [0.5, 0.6) is 0 Å². The lowest BCUT2D eigenvalue weighted by Gasteiger charge is -2.09. The quantitative estimate of drug-likeness (QED) is 0.471. The highest BCUT2D eigenvalue weighted by Crippen LogP contribution is 2.23. The summed E-state index contributed by atoms with van der Waals surface area (Å²) in [6, 6.07) is 19.3. The summed E-state index contributed by atoms with van der Waals surface area (Å²) in [6.45, 7) is 1.94. The minimum Gasteiger partial charge on any atom is -0.322 e. The van der Waals surface area contributed by atoms with Gasteiger partial charge in [-0.2, -0.15) is 5.10 Å². The van der Waals surface area contributed by atoms with Crippen LogP contribution in [0.2, 0.25) is 0 Å². The van der Waals surface area contributed by atoms with Gasteiger partial charge in [0, 0.05) is 23.1 Å². The van der Waals surface area contributed by atoms with Crippen LogP contribution >= 0.6 is 0 Å². The first-order valence-electron chi connectivity index (χ1n) is 9.38. The van der Waals surface area contributed by atoms with E-state index < -0.39 is 15.7 Å². The second-order valence-corrected chi connectivity index (χ2v) is 8.82. The van der Waals surface area contributed by atoms with Gasteiger partial charge < -0.3 is 5.32 Å². The van der Waals surface area contributed by atoms with E-state index in [9.17, 15) is 17.6 Å². The average molecular weight is 435 g/mol. The van der Waals surface area contributed by atoms with Crippen molar-refractivity contribution < 1.29 is 17.6 Å². The molecule has 1 N–H and O–H groups in total. The molecule has 4 aromatic rings. The number of aryl methyl sites for hydroxylation is 1. The van der Waals surface area contributed by atoms with Gasteiger partial charge in [-0.3, -0.25) is 4.79 Å². The van der Waals surface area contributed by atoms with E-state index in [1.807, 2.05) is 13.0 Å². The monoisotopic (exact) mass is 435 g/mol. The van der Waals surface area contributed by atoms with Crippen molar-refractivity contribution in [1.82, 2.24) is 9.78 Å². The molecule has 1 amide bonds. The summed E-state index contributed by atoms with van der Waals surface area (Å²) >= 11 is 0. The van der Waals surface area contributed by atoms with Gasteiger partial charge in [-0.1, -0.05) is 0 Å². The third-order valence-electron chi connectivity index (χ3n) is 4.75. The molecule has 0 unspecified atom stereocenters. The fraction of sp³-hybridized carbons (Fsp3) is 0.0435. The molecule has 6 nitrogen and oxygen atoms in total. The molecule has 0 saturated heterocycles. The Morgan fingerprint density at radius 3 is 2.00 bits per heavy atom. The predicted molar refractivity (Wildman–Crippen MR) is 115 cm³/mol. The van der Waals surface area contributed by atoms with Gasteiger partial charge >= 0.3 is 0 Å². The second-order valence-electron chi connectivity index (χ2n) is 6.87. The van der Waals surface area contributed by atoms with Gasteiger partial charge in [0.25, 0.3) is 5.91 Å². The highest BCUT2D eigenvalue weighted by Gasteiger charge is 2.17. The van der Waals surface area contributed by atoms with Gasteiger partial charge in [-0.05, 0) is 85.8 Å². The van der Waals surface area contributed by atoms with Gasteiger partial charge in [-0.15, -0.1) is 0 Å². The zero-order chi connectivity index (χ0) is 22.0. The SMILES string of the molecule is Cc1ccnn1-c1ccc(C(=O)Nc2ccc(S(=O)(=O)c3ccc(F)cc3)cc2)cc1. The molecule has 31 heavy (non-hydrogen) atoms. The molecular formula is C23H18FN3O3S. The smallest absolute Gasteiger partial charge is 0.255 e. The number of hydrogen-bond donors (Lipinski definition) is 1.